The molecule has 0 aliphatic rings. The molecule has 0 fully saturated rings. The Labute approximate surface area is 63.8 Å². The van der Waals surface area contributed by atoms with Crippen molar-refractivity contribution in [1.29, 1.82) is 0 Å². The van der Waals surface area contributed by atoms with Gasteiger partial charge in [-0.25, -0.2) is 0 Å². The van der Waals surface area contributed by atoms with Gasteiger partial charge in [-0.1, -0.05) is 0 Å². The smallest absolute Gasteiger partial charge is 0 e. The molecule has 0 aromatic rings. The maximum absolute atomic E-state index is 4.25. The molecule has 2 heteroatoms. The van der Waals surface area contributed by atoms with Crippen molar-refractivity contribution in [3.05, 3.63) is 13.2 Å². The molecule has 0 amide bonds. The van der Waals surface area contributed by atoms with E-state index in [1.165, 1.54) is 0 Å². The first-order valence-corrected chi connectivity index (χ1v) is 0.408. The van der Waals surface area contributed by atoms with Crippen LogP contribution in [0.1, 0.15) is 0 Å². The van der Waals surface area contributed by atoms with E-state index in [-0.39, 0.29) is 51.3 Å². The summed E-state index contributed by atoms with van der Waals surface area (Å²) in [7, 11) is 0. The van der Waals surface area contributed by atoms with E-state index in [2.05, 4.69) is 13.2 Å². The fourth-order valence-corrected chi connectivity index (χ4v) is 0. The molecule has 0 N–H and O–H groups in total. The van der Waals surface area contributed by atoms with E-state index in [4.69, 9.17) is 0 Å². The normalized spacial score (nSPS) is 1.00. The third-order valence-electron chi connectivity index (χ3n) is 0. The van der Waals surface area contributed by atoms with Crippen LogP contribution < -0.4 is 0 Å². The molecule has 0 nitrogen and oxygen atoms in total. The molecule has 0 saturated carbocycles. The van der Waals surface area contributed by atoms with Gasteiger partial charge in [0.1, 0.15) is 0 Å². The van der Waals surface area contributed by atoms with Crippen LogP contribution >= 0.6 is 0 Å². The van der Waals surface area contributed by atoms with Crippen molar-refractivity contribution in [3.63, 3.8) is 0 Å². The van der Waals surface area contributed by atoms with Gasteiger partial charge in [0, 0.05) is 51.3 Å². The molecule has 4 heavy (non-hydrogen) atoms. The molecule has 0 aromatic heterocycles. The van der Waals surface area contributed by atoms with Crippen molar-refractivity contribution in [2.24, 2.45) is 0 Å². The Balaban J connectivity index is -0.00000000500. The monoisotopic (exact) mass is 167 g/mol. The van der Waals surface area contributed by atoms with Crippen LogP contribution in [-0.4, -0.2) is 0 Å². The number of rotatable bonds is 0. The van der Waals surface area contributed by atoms with Crippen molar-refractivity contribution >= 4 is 0 Å². The summed E-state index contributed by atoms with van der Waals surface area (Å²) in [4.78, 5) is 0. The van der Waals surface area contributed by atoms with Gasteiger partial charge in [-0.2, -0.15) is 0 Å². The standard InChI is InChI=1S/C2H3.V.Y/c1-2;;/h1H,2H2;;/q-1;;. The van der Waals surface area contributed by atoms with E-state index in [9.17, 15) is 0 Å². The van der Waals surface area contributed by atoms with Gasteiger partial charge in [-0.05, 0) is 0 Å². The predicted octanol–water partition coefficient (Wildman–Crippen LogP) is 0.600. The van der Waals surface area contributed by atoms with E-state index in [0.29, 0.717) is 0 Å². The summed E-state index contributed by atoms with van der Waals surface area (Å²) in [6, 6.07) is 0. The Hall–Kier alpha value is 1.43. The van der Waals surface area contributed by atoms with Gasteiger partial charge in [0.15, 0.2) is 0 Å². The first-order chi connectivity index (χ1) is 1.00. The molecular weight excluding hydrogens is 164 g/mol. The molecule has 0 bridgehead atoms. The summed E-state index contributed by atoms with van der Waals surface area (Å²) in [5, 5.41) is 0. The largest absolute Gasteiger partial charge is 0.521 e. The average Bonchev–Trinajstić information content (AvgIpc) is 1.00. The van der Waals surface area contributed by atoms with E-state index in [1.807, 2.05) is 0 Å². The quantitative estimate of drug-likeness (QED) is 0.463. The summed E-state index contributed by atoms with van der Waals surface area (Å²) in [6.07, 6.45) is 0. The van der Waals surface area contributed by atoms with Crippen LogP contribution in [0.5, 0.6) is 0 Å². The summed E-state index contributed by atoms with van der Waals surface area (Å²) < 4.78 is 0. The zero-order chi connectivity index (χ0) is 2.00. The molecule has 0 aliphatic heterocycles. The number of hydrogen-bond donors (Lipinski definition) is 0. The maximum atomic E-state index is 4.25. The van der Waals surface area contributed by atoms with E-state index < -0.39 is 0 Å². The predicted molar refractivity (Wildman–Crippen MR) is 9.93 cm³/mol. The Morgan fingerprint density at radius 3 is 1.25 bits per heavy atom. The molecular formula is C2H3VY-. The zero-order valence-electron chi connectivity index (χ0n) is 2.31. The Morgan fingerprint density at radius 2 is 1.25 bits per heavy atom. The van der Waals surface area contributed by atoms with E-state index >= 15 is 0 Å². The third kappa shape index (κ3) is 9.91. The summed E-state index contributed by atoms with van der Waals surface area (Å²) in [5.74, 6) is 0. The molecule has 0 heterocycles. The van der Waals surface area contributed by atoms with Crippen molar-refractivity contribution in [2.45, 2.75) is 0 Å². The minimum Gasteiger partial charge on any atom is -0.521 e. The molecule has 0 atom stereocenters. The van der Waals surface area contributed by atoms with Crippen LogP contribution in [0, 0.1) is 6.58 Å². The first-order valence-electron chi connectivity index (χ1n) is 0.408. The Morgan fingerprint density at radius 1 is 1.25 bits per heavy atom. The topological polar surface area (TPSA) is 0 Å². The van der Waals surface area contributed by atoms with Gasteiger partial charge in [-0.3, -0.25) is 6.58 Å². The van der Waals surface area contributed by atoms with Crippen molar-refractivity contribution in [1.82, 2.24) is 0 Å². The summed E-state index contributed by atoms with van der Waals surface area (Å²) in [6.45, 7) is 7.00. The molecule has 0 unspecified atom stereocenters. The SMILES string of the molecule is [CH-]=C.[V].[Y]. The second-order valence-corrected chi connectivity index (χ2v) is 0. The summed E-state index contributed by atoms with van der Waals surface area (Å²) >= 11 is 0. The molecule has 20 valence electrons. The van der Waals surface area contributed by atoms with Gasteiger partial charge >= 0.3 is 0 Å². The zero-order valence-corrected chi connectivity index (χ0v) is 6.54. The fourth-order valence-electron chi connectivity index (χ4n) is 0. The van der Waals surface area contributed by atoms with Crippen molar-refractivity contribution < 1.29 is 51.3 Å². The first kappa shape index (κ1) is 18.1. The second-order valence-electron chi connectivity index (χ2n) is 0. The molecule has 0 aliphatic carbocycles. The van der Waals surface area contributed by atoms with Crippen LogP contribution in [0.25, 0.3) is 0 Å². The second kappa shape index (κ2) is 25.5. The third-order valence-corrected chi connectivity index (χ3v) is 0. The molecule has 0 saturated heterocycles. The van der Waals surface area contributed by atoms with Crippen molar-refractivity contribution in [2.75, 3.05) is 0 Å². The van der Waals surface area contributed by atoms with Crippen LogP contribution in [0.3, 0.4) is 0 Å². The fraction of sp³-hybridized carbons (Fsp3) is 0. The van der Waals surface area contributed by atoms with Crippen LogP contribution in [0.4, 0.5) is 0 Å². The Bertz CT molecular complexity index is 6.00. The molecule has 2 radical (unpaired) electrons. The average molecular weight is 167 g/mol. The number of hydrogen-bond acceptors (Lipinski definition) is 0. The van der Waals surface area contributed by atoms with Crippen LogP contribution in [0.15, 0.2) is 6.58 Å². The van der Waals surface area contributed by atoms with Gasteiger partial charge in [-0.15, -0.1) is 0 Å². The molecule has 0 spiro atoms. The molecule has 0 aromatic carbocycles. The molecule has 0 rings (SSSR count). The van der Waals surface area contributed by atoms with Gasteiger partial charge in [0.2, 0.25) is 0 Å². The van der Waals surface area contributed by atoms with Gasteiger partial charge in [0.05, 0.1) is 0 Å². The van der Waals surface area contributed by atoms with E-state index in [1.54, 1.807) is 0 Å². The van der Waals surface area contributed by atoms with E-state index in [0.717, 1.165) is 0 Å². The minimum atomic E-state index is 0. The van der Waals surface area contributed by atoms with Crippen molar-refractivity contribution in [3.8, 4) is 0 Å². The van der Waals surface area contributed by atoms with Gasteiger partial charge in [0.25, 0.3) is 0 Å². The summed E-state index contributed by atoms with van der Waals surface area (Å²) in [5.41, 5.74) is 0. The van der Waals surface area contributed by atoms with Crippen LogP contribution in [-0.2, 0) is 51.3 Å². The minimum absolute atomic E-state index is 0. The van der Waals surface area contributed by atoms with Crippen LogP contribution in [0.2, 0.25) is 0 Å². The Kier molecular flexibility index (Phi) is 115. The van der Waals surface area contributed by atoms with Gasteiger partial charge < -0.3 is 6.58 Å². The maximum Gasteiger partial charge on any atom is 0 e.